The fourth-order valence-corrected chi connectivity index (χ4v) is 2.45. The van der Waals surface area contributed by atoms with E-state index in [0.717, 1.165) is 11.1 Å². The molecule has 0 saturated heterocycles. The Hall–Kier alpha value is -2.60. The molecule has 110 valence electrons. The standard InChI is InChI=1S/C19H17NO2/c1-13-5-4-6-14(9-13)7-8-15-10-16-17(21)11-19(2,3)22-18(16)20-12-15/h4-6,9-10,12H,11H2,1-3H3. The maximum atomic E-state index is 12.2. The van der Waals surface area contributed by atoms with E-state index < -0.39 is 5.60 Å². The number of rotatable bonds is 0. The molecule has 0 fully saturated rings. The monoisotopic (exact) mass is 291 g/mol. The molecule has 3 nitrogen and oxygen atoms in total. The second kappa shape index (κ2) is 5.31. The van der Waals surface area contributed by atoms with E-state index >= 15 is 0 Å². The molecule has 3 heteroatoms. The van der Waals surface area contributed by atoms with Crippen molar-refractivity contribution in [3.05, 3.63) is 58.8 Å². The van der Waals surface area contributed by atoms with Crippen molar-refractivity contribution in [2.45, 2.75) is 32.8 Å². The maximum absolute atomic E-state index is 12.2. The minimum Gasteiger partial charge on any atom is -0.471 e. The summed E-state index contributed by atoms with van der Waals surface area (Å²) >= 11 is 0. The van der Waals surface area contributed by atoms with Gasteiger partial charge in [-0.15, -0.1) is 0 Å². The number of hydrogen-bond donors (Lipinski definition) is 0. The van der Waals surface area contributed by atoms with Crippen molar-refractivity contribution in [3.63, 3.8) is 0 Å². The molecule has 0 atom stereocenters. The summed E-state index contributed by atoms with van der Waals surface area (Å²) in [4.78, 5) is 16.5. The molecule has 0 aliphatic carbocycles. The van der Waals surface area contributed by atoms with Crippen molar-refractivity contribution in [1.29, 1.82) is 0 Å². The lowest BCUT2D eigenvalue weighted by Gasteiger charge is -2.30. The Morgan fingerprint density at radius 2 is 1.95 bits per heavy atom. The van der Waals surface area contributed by atoms with Gasteiger partial charge in [0.05, 0.1) is 12.0 Å². The number of aromatic nitrogens is 1. The second-order valence-corrected chi connectivity index (χ2v) is 6.16. The predicted octanol–water partition coefficient (Wildman–Crippen LogP) is 3.53. The van der Waals surface area contributed by atoms with E-state index in [4.69, 9.17) is 4.74 Å². The van der Waals surface area contributed by atoms with Crippen LogP contribution in [0, 0.1) is 18.8 Å². The first-order chi connectivity index (χ1) is 10.4. The highest BCUT2D eigenvalue weighted by atomic mass is 16.5. The van der Waals surface area contributed by atoms with E-state index in [1.165, 1.54) is 5.56 Å². The van der Waals surface area contributed by atoms with Crippen molar-refractivity contribution in [2.24, 2.45) is 0 Å². The Bertz CT molecular complexity index is 810. The number of aryl methyl sites for hydroxylation is 1. The summed E-state index contributed by atoms with van der Waals surface area (Å²) in [5, 5.41) is 0. The Balaban J connectivity index is 1.92. The maximum Gasteiger partial charge on any atom is 0.224 e. The summed E-state index contributed by atoms with van der Waals surface area (Å²) in [7, 11) is 0. The van der Waals surface area contributed by atoms with Gasteiger partial charge in [-0.25, -0.2) is 4.98 Å². The van der Waals surface area contributed by atoms with Gasteiger partial charge in [0.15, 0.2) is 5.78 Å². The molecule has 1 aliphatic rings. The minimum absolute atomic E-state index is 0.0537. The molecule has 0 unspecified atom stereocenters. The van der Waals surface area contributed by atoms with Crippen LogP contribution in [0.1, 0.15) is 47.3 Å². The van der Waals surface area contributed by atoms with Crippen LogP contribution < -0.4 is 4.74 Å². The number of ketones is 1. The quantitative estimate of drug-likeness (QED) is 0.697. The first-order valence-corrected chi connectivity index (χ1v) is 7.24. The number of carbonyl (C=O) groups excluding carboxylic acids is 1. The van der Waals surface area contributed by atoms with Crippen LogP contribution in [0.25, 0.3) is 0 Å². The lowest BCUT2D eigenvalue weighted by molar-refractivity contribution is 0.0590. The van der Waals surface area contributed by atoms with E-state index in [9.17, 15) is 4.79 Å². The van der Waals surface area contributed by atoms with E-state index in [-0.39, 0.29) is 5.78 Å². The van der Waals surface area contributed by atoms with Crippen LogP contribution in [0.3, 0.4) is 0 Å². The van der Waals surface area contributed by atoms with Crippen molar-refractivity contribution < 1.29 is 9.53 Å². The van der Waals surface area contributed by atoms with Gasteiger partial charge in [-0.3, -0.25) is 4.79 Å². The van der Waals surface area contributed by atoms with E-state index in [0.29, 0.717) is 17.9 Å². The summed E-state index contributed by atoms with van der Waals surface area (Å²) in [6, 6.07) is 9.76. The smallest absolute Gasteiger partial charge is 0.224 e. The van der Waals surface area contributed by atoms with Gasteiger partial charge < -0.3 is 4.74 Å². The zero-order valence-corrected chi connectivity index (χ0v) is 12.9. The summed E-state index contributed by atoms with van der Waals surface area (Å²) in [6.07, 6.45) is 2.01. The molecule has 0 amide bonds. The second-order valence-electron chi connectivity index (χ2n) is 6.16. The van der Waals surface area contributed by atoms with Gasteiger partial charge in [-0.1, -0.05) is 24.0 Å². The molecule has 1 aromatic heterocycles. The molecular weight excluding hydrogens is 274 g/mol. The van der Waals surface area contributed by atoms with Crippen molar-refractivity contribution >= 4 is 5.78 Å². The van der Waals surface area contributed by atoms with Crippen LogP contribution in [0.5, 0.6) is 5.88 Å². The number of nitrogens with zero attached hydrogens (tertiary/aromatic N) is 1. The average Bonchev–Trinajstić information content (AvgIpc) is 2.44. The van der Waals surface area contributed by atoms with E-state index in [1.54, 1.807) is 12.3 Å². The highest BCUT2D eigenvalue weighted by Crippen LogP contribution is 2.31. The zero-order valence-electron chi connectivity index (χ0n) is 12.9. The van der Waals surface area contributed by atoms with Gasteiger partial charge in [0.25, 0.3) is 0 Å². The Labute approximate surface area is 130 Å². The Morgan fingerprint density at radius 1 is 1.18 bits per heavy atom. The highest BCUT2D eigenvalue weighted by Gasteiger charge is 2.33. The van der Waals surface area contributed by atoms with Gasteiger partial charge in [0.2, 0.25) is 5.88 Å². The van der Waals surface area contributed by atoms with Crippen LogP contribution in [-0.4, -0.2) is 16.4 Å². The first kappa shape index (κ1) is 14.3. The molecule has 0 N–H and O–H groups in total. The fraction of sp³-hybridized carbons (Fsp3) is 0.263. The van der Waals surface area contributed by atoms with Crippen LogP contribution >= 0.6 is 0 Å². The first-order valence-electron chi connectivity index (χ1n) is 7.24. The highest BCUT2D eigenvalue weighted by molar-refractivity contribution is 6.00. The molecule has 0 bridgehead atoms. The lowest BCUT2D eigenvalue weighted by Crippen LogP contribution is -2.36. The molecule has 2 heterocycles. The Morgan fingerprint density at radius 3 is 2.73 bits per heavy atom. The van der Waals surface area contributed by atoms with Crippen LogP contribution in [0.15, 0.2) is 36.5 Å². The number of benzene rings is 1. The molecule has 22 heavy (non-hydrogen) atoms. The van der Waals surface area contributed by atoms with Gasteiger partial charge in [-0.2, -0.15) is 0 Å². The molecule has 3 rings (SSSR count). The summed E-state index contributed by atoms with van der Waals surface area (Å²) in [5.74, 6) is 6.62. The summed E-state index contributed by atoms with van der Waals surface area (Å²) in [6.45, 7) is 5.81. The molecule has 1 aliphatic heterocycles. The predicted molar refractivity (Wildman–Crippen MR) is 85.1 cm³/mol. The third-order valence-corrected chi connectivity index (χ3v) is 3.48. The van der Waals surface area contributed by atoms with Crippen molar-refractivity contribution in [1.82, 2.24) is 4.98 Å². The van der Waals surface area contributed by atoms with Gasteiger partial charge in [0, 0.05) is 17.3 Å². The molecule has 2 aromatic rings. The van der Waals surface area contributed by atoms with Gasteiger partial charge in [-0.05, 0) is 44.5 Å². The van der Waals surface area contributed by atoms with Crippen molar-refractivity contribution in [3.8, 4) is 17.7 Å². The van der Waals surface area contributed by atoms with Crippen molar-refractivity contribution in [2.75, 3.05) is 0 Å². The molecular formula is C19H17NO2. The van der Waals surface area contributed by atoms with Gasteiger partial charge in [0.1, 0.15) is 5.60 Å². The summed E-state index contributed by atoms with van der Waals surface area (Å²) < 4.78 is 5.74. The number of hydrogen-bond acceptors (Lipinski definition) is 3. The van der Waals surface area contributed by atoms with E-state index in [1.807, 2.05) is 45.0 Å². The number of fused-ring (bicyclic) bond motifs is 1. The molecule has 1 aromatic carbocycles. The molecule has 0 saturated carbocycles. The number of carbonyl (C=O) groups is 1. The summed E-state index contributed by atoms with van der Waals surface area (Å²) in [5.41, 5.74) is 2.86. The minimum atomic E-state index is -0.494. The number of pyridine rings is 1. The zero-order chi connectivity index (χ0) is 15.7. The number of ether oxygens (including phenoxy) is 1. The third-order valence-electron chi connectivity index (χ3n) is 3.48. The van der Waals surface area contributed by atoms with Crippen LogP contribution in [0.4, 0.5) is 0 Å². The SMILES string of the molecule is Cc1cccc(C#Cc2cnc3c(c2)C(=O)CC(C)(C)O3)c1. The topological polar surface area (TPSA) is 39.2 Å². The molecule has 0 spiro atoms. The lowest BCUT2D eigenvalue weighted by atomic mass is 9.94. The average molecular weight is 291 g/mol. The molecule has 0 radical (unpaired) electrons. The van der Waals surface area contributed by atoms with Crippen LogP contribution in [0.2, 0.25) is 0 Å². The normalized spacial score (nSPS) is 15.3. The third kappa shape index (κ3) is 3.01. The van der Waals surface area contributed by atoms with Gasteiger partial charge >= 0.3 is 0 Å². The van der Waals surface area contributed by atoms with Crippen LogP contribution in [-0.2, 0) is 0 Å². The largest absolute Gasteiger partial charge is 0.471 e. The fourth-order valence-electron chi connectivity index (χ4n) is 2.45. The Kier molecular flexibility index (Phi) is 3.46. The number of Topliss-reactive ketones (excluding diaryl/α,β-unsaturated/α-hetero) is 1. The van der Waals surface area contributed by atoms with E-state index in [2.05, 4.69) is 16.8 Å².